The van der Waals surface area contributed by atoms with Crippen LogP contribution in [0.25, 0.3) is 0 Å². The molecule has 1 aliphatic heterocycles. The highest BCUT2D eigenvalue weighted by atomic mass is 35.5. The molecule has 0 radical (unpaired) electrons. The molecule has 0 aliphatic carbocycles. The standard InChI is InChI=1S/C16H23ClN2O2/c1-2-15(13-3-5-14(17)6-4-13)18-16(21)10-19-8-7-12(9-19)11-20/h3-6,12,15,20H,2,7-11H2,1H3,(H,18,21). The lowest BCUT2D eigenvalue weighted by atomic mass is 10.0. The Labute approximate surface area is 131 Å². The molecular formula is C16H23ClN2O2. The summed E-state index contributed by atoms with van der Waals surface area (Å²) in [4.78, 5) is 14.3. The van der Waals surface area contributed by atoms with Crippen molar-refractivity contribution in [3.63, 3.8) is 0 Å². The lowest BCUT2D eigenvalue weighted by molar-refractivity contribution is -0.122. The maximum absolute atomic E-state index is 12.2. The van der Waals surface area contributed by atoms with Crippen LogP contribution in [0.2, 0.25) is 5.02 Å². The number of aliphatic hydroxyl groups is 1. The topological polar surface area (TPSA) is 52.6 Å². The first-order valence-corrected chi connectivity index (χ1v) is 7.88. The number of likely N-dealkylation sites (tertiary alicyclic amines) is 1. The monoisotopic (exact) mass is 310 g/mol. The van der Waals surface area contributed by atoms with E-state index in [1.807, 2.05) is 24.3 Å². The van der Waals surface area contributed by atoms with E-state index in [0.717, 1.165) is 31.5 Å². The van der Waals surface area contributed by atoms with Crippen LogP contribution in [0.5, 0.6) is 0 Å². The number of hydrogen-bond acceptors (Lipinski definition) is 3. The Kier molecular flexibility index (Phi) is 6.03. The average molecular weight is 311 g/mol. The van der Waals surface area contributed by atoms with E-state index >= 15 is 0 Å². The number of carbonyl (C=O) groups excluding carboxylic acids is 1. The lowest BCUT2D eigenvalue weighted by Crippen LogP contribution is -2.38. The molecule has 0 aromatic heterocycles. The van der Waals surface area contributed by atoms with Crippen molar-refractivity contribution in [3.05, 3.63) is 34.9 Å². The number of carbonyl (C=O) groups is 1. The molecule has 1 aromatic carbocycles. The SMILES string of the molecule is CCC(NC(=O)CN1CCC(CO)C1)c1ccc(Cl)cc1. The van der Waals surface area contributed by atoms with Gasteiger partial charge in [0.2, 0.25) is 5.91 Å². The highest BCUT2D eigenvalue weighted by Crippen LogP contribution is 2.19. The second-order valence-corrected chi connectivity index (χ2v) is 6.09. The van der Waals surface area contributed by atoms with Crippen LogP contribution in [0.15, 0.2) is 24.3 Å². The van der Waals surface area contributed by atoms with Crippen molar-refractivity contribution < 1.29 is 9.90 Å². The summed E-state index contributed by atoms with van der Waals surface area (Å²) < 4.78 is 0. The zero-order valence-corrected chi connectivity index (χ0v) is 13.1. The van der Waals surface area contributed by atoms with Gasteiger partial charge >= 0.3 is 0 Å². The van der Waals surface area contributed by atoms with E-state index in [4.69, 9.17) is 16.7 Å². The fourth-order valence-corrected chi connectivity index (χ4v) is 2.89. The third-order valence-electron chi connectivity index (χ3n) is 4.01. The van der Waals surface area contributed by atoms with E-state index in [9.17, 15) is 4.79 Å². The first-order valence-electron chi connectivity index (χ1n) is 7.50. The zero-order valence-electron chi connectivity index (χ0n) is 12.4. The summed E-state index contributed by atoms with van der Waals surface area (Å²) in [5.41, 5.74) is 1.07. The van der Waals surface area contributed by atoms with Gasteiger partial charge in [-0.15, -0.1) is 0 Å². The average Bonchev–Trinajstić information content (AvgIpc) is 2.93. The first-order chi connectivity index (χ1) is 10.1. The van der Waals surface area contributed by atoms with Crippen LogP contribution >= 0.6 is 11.6 Å². The summed E-state index contributed by atoms with van der Waals surface area (Å²) >= 11 is 5.89. The molecule has 1 amide bonds. The predicted molar refractivity (Wildman–Crippen MR) is 84.3 cm³/mol. The summed E-state index contributed by atoms with van der Waals surface area (Å²) in [6.07, 6.45) is 1.81. The van der Waals surface area contributed by atoms with E-state index in [-0.39, 0.29) is 18.6 Å². The molecule has 2 unspecified atom stereocenters. The van der Waals surface area contributed by atoms with E-state index in [1.54, 1.807) is 0 Å². The number of hydrogen-bond donors (Lipinski definition) is 2. The maximum atomic E-state index is 12.2. The first kappa shape index (κ1) is 16.3. The minimum absolute atomic E-state index is 0.0195. The van der Waals surface area contributed by atoms with Gasteiger partial charge in [0, 0.05) is 18.2 Å². The molecule has 2 rings (SSSR count). The molecule has 116 valence electrons. The molecule has 4 nitrogen and oxygen atoms in total. The summed E-state index contributed by atoms with van der Waals surface area (Å²) in [5.74, 6) is 0.353. The van der Waals surface area contributed by atoms with Crippen LogP contribution in [-0.2, 0) is 4.79 Å². The summed E-state index contributed by atoms with van der Waals surface area (Å²) in [6.45, 7) is 4.36. The van der Waals surface area contributed by atoms with Crippen LogP contribution in [0.4, 0.5) is 0 Å². The third kappa shape index (κ3) is 4.70. The molecule has 0 spiro atoms. The van der Waals surface area contributed by atoms with Gasteiger partial charge in [0.05, 0.1) is 12.6 Å². The lowest BCUT2D eigenvalue weighted by Gasteiger charge is -2.20. The molecule has 0 bridgehead atoms. The van der Waals surface area contributed by atoms with Crippen LogP contribution < -0.4 is 5.32 Å². The summed E-state index contributed by atoms with van der Waals surface area (Å²) in [7, 11) is 0. The number of aliphatic hydroxyl groups excluding tert-OH is 1. The van der Waals surface area contributed by atoms with Gasteiger partial charge in [-0.05, 0) is 43.0 Å². The number of halogens is 1. The molecule has 21 heavy (non-hydrogen) atoms. The molecule has 1 saturated heterocycles. The molecular weight excluding hydrogens is 288 g/mol. The van der Waals surface area contributed by atoms with Crippen molar-refractivity contribution in [1.82, 2.24) is 10.2 Å². The Bertz CT molecular complexity index is 464. The second kappa shape index (κ2) is 7.78. The van der Waals surface area contributed by atoms with Gasteiger partial charge in [0.25, 0.3) is 0 Å². The Morgan fingerprint density at radius 1 is 1.48 bits per heavy atom. The van der Waals surface area contributed by atoms with E-state index in [2.05, 4.69) is 17.1 Å². The molecule has 1 fully saturated rings. The van der Waals surface area contributed by atoms with Crippen molar-refractivity contribution in [2.75, 3.05) is 26.2 Å². The van der Waals surface area contributed by atoms with Gasteiger partial charge in [0.1, 0.15) is 0 Å². The van der Waals surface area contributed by atoms with Gasteiger partial charge in [-0.1, -0.05) is 30.7 Å². The highest BCUT2D eigenvalue weighted by Gasteiger charge is 2.24. The Morgan fingerprint density at radius 3 is 2.76 bits per heavy atom. The highest BCUT2D eigenvalue weighted by molar-refractivity contribution is 6.30. The van der Waals surface area contributed by atoms with Crippen LogP contribution in [0.1, 0.15) is 31.4 Å². The minimum atomic E-state index is 0.0195. The number of rotatable bonds is 6. The fraction of sp³-hybridized carbons (Fsp3) is 0.562. The van der Waals surface area contributed by atoms with Crippen molar-refractivity contribution in [1.29, 1.82) is 0 Å². The zero-order chi connectivity index (χ0) is 15.2. The van der Waals surface area contributed by atoms with E-state index in [0.29, 0.717) is 17.5 Å². The van der Waals surface area contributed by atoms with E-state index < -0.39 is 0 Å². The van der Waals surface area contributed by atoms with Crippen molar-refractivity contribution in [3.8, 4) is 0 Å². The quantitative estimate of drug-likeness (QED) is 0.847. The van der Waals surface area contributed by atoms with Gasteiger partial charge in [-0.25, -0.2) is 0 Å². The van der Waals surface area contributed by atoms with Crippen LogP contribution in [0, 0.1) is 5.92 Å². The fourth-order valence-electron chi connectivity index (χ4n) is 2.76. The minimum Gasteiger partial charge on any atom is -0.396 e. The van der Waals surface area contributed by atoms with Gasteiger partial charge in [-0.3, -0.25) is 9.69 Å². The second-order valence-electron chi connectivity index (χ2n) is 5.65. The number of nitrogens with zero attached hydrogens (tertiary/aromatic N) is 1. The maximum Gasteiger partial charge on any atom is 0.234 e. The van der Waals surface area contributed by atoms with Crippen LogP contribution in [-0.4, -0.2) is 42.2 Å². The Balaban J connectivity index is 1.86. The Morgan fingerprint density at radius 2 is 2.19 bits per heavy atom. The molecule has 2 N–H and O–H groups in total. The molecule has 5 heteroatoms. The van der Waals surface area contributed by atoms with Crippen molar-refractivity contribution >= 4 is 17.5 Å². The van der Waals surface area contributed by atoms with Crippen molar-refractivity contribution in [2.45, 2.75) is 25.8 Å². The third-order valence-corrected chi connectivity index (χ3v) is 4.26. The predicted octanol–water partition coefficient (Wildman–Crippen LogP) is 2.22. The van der Waals surface area contributed by atoms with Crippen LogP contribution in [0.3, 0.4) is 0 Å². The summed E-state index contributed by atoms with van der Waals surface area (Å²) in [5, 5.41) is 12.9. The molecule has 1 aromatic rings. The summed E-state index contributed by atoms with van der Waals surface area (Å²) in [6, 6.07) is 7.62. The number of benzene rings is 1. The Hall–Kier alpha value is -1.10. The van der Waals surface area contributed by atoms with E-state index in [1.165, 1.54) is 0 Å². The number of amides is 1. The van der Waals surface area contributed by atoms with Gasteiger partial charge < -0.3 is 10.4 Å². The van der Waals surface area contributed by atoms with Gasteiger partial charge in [-0.2, -0.15) is 0 Å². The number of nitrogens with one attached hydrogen (secondary N) is 1. The normalized spacial score (nSPS) is 20.4. The molecule has 1 aliphatic rings. The molecule has 0 saturated carbocycles. The molecule has 1 heterocycles. The van der Waals surface area contributed by atoms with Gasteiger partial charge in [0.15, 0.2) is 0 Å². The largest absolute Gasteiger partial charge is 0.396 e. The smallest absolute Gasteiger partial charge is 0.234 e. The van der Waals surface area contributed by atoms with Crippen molar-refractivity contribution in [2.24, 2.45) is 5.92 Å². The molecule has 2 atom stereocenters.